The van der Waals surface area contributed by atoms with Crippen molar-refractivity contribution in [3.05, 3.63) is 0 Å². The highest BCUT2D eigenvalue weighted by atomic mass is 16.5. The lowest BCUT2D eigenvalue weighted by Gasteiger charge is -2.36. The summed E-state index contributed by atoms with van der Waals surface area (Å²) in [6, 6.07) is 0.466. The summed E-state index contributed by atoms with van der Waals surface area (Å²) in [5.74, 6) is 0.246. The van der Waals surface area contributed by atoms with Crippen molar-refractivity contribution in [2.45, 2.75) is 77.0 Å². The van der Waals surface area contributed by atoms with E-state index in [2.05, 4.69) is 26.1 Å². The Labute approximate surface area is 122 Å². The zero-order valence-corrected chi connectivity index (χ0v) is 13.3. The summed E-state index contributed by atoms with van der Waals surface area (Å²) in [6.07, 6.45) is 5.43. The average molecular weight is 283 g/mol. The molecule has 1 atom stereocenters. The standard InChI is InChI=1S/C16H29NO3/c1-5-15(3,4)20-11-16(12-7-8-12,14(18)19-6-2)17-13-9-10-13/h12-13,17H,5-11H2,1-4H3. The number of carbonyl (C=O) groups is 1. The first-order chi connectivity index (χ1) is 9.43. The van der Waals surface area contributed by atoms with Gasteiger partial charge in [0.2, 0.25) is 0 Å². The SMILES string of the molecule is CCOC(=O)C(COC(C)(C)CC)(NC1CC1)C1CC1. The van der Waals surface area contributed by atoms with Gasteiger partial charge in [0.25, 0.3) is 0 Å². The van der Waals surface area contributed by atoms with Crippen molar-refractivity contribution in [1.29, 1.82) is 0 Å². The van der Waals surface area contributed by atoms with E-state index in [1.807, 2.05) is 6.92 Å². The summed E-state index contributed by atoms with van der Waals surface area (Å²) in [7, 11) is 0. The van der Waals surface area contributed by atoms with Crippen LogP contribution in [0.3, 0.4) is 0 Å². The molecule has 20 heavy (non-hydrogen) atoms. The summed E-state index contributed by atoms with van der Waals surface area (Å²) in [5.41, 5.74) is -0.818. The third-order valence-corrected chi connectivity index (χ3v) is 4.50. The predicted octanol–water partition coefficient (Wildman–Crippen LogP) is 2.66. The van der Waals surface area contributed by atoms with Crippen LogP contribution in [0.5, 0.6) is 0 Å². The number of carbonyl (C=O) groups excluding carboxylic acids is 1. The van der Waals surface area contributed by atoms with Crippen LogP contribution in [0, 0.1) is 5.92 Å². The first-order valence-electron chi connectivity index (χ1n) is 8.02. The molecular weight excluding hydrogens is 254 g/mol. The van der Waals surface area contributed by atoms with Crippen molar-refractivity contribution in [2.75, 3.05) is 13.2 Å². The molecule has 0 radical (unpaired) electrons. The molecule has 2 fully saturated rings. The smallest absolute Gasteiger partial charge is 0.329 e. The fraction of sp³-hybridized carbons (Fsp3) is 0.938. The molecule has 2 aliphatic carbocycles. The zero-order valence-electron chi connectivity index (χ0n) is 13.3. The Morgan fingerprint density at radius 2 is 1.85 bits per heavy atom. The van der Waals surface area contributed by atoms with Gasteiger partial charge in [-0.05, 0) is 58.8 Å². The number of rotatable bonds is 9. The quantitative estimate of drug-likeness (QED) is 0.661. The molecule has 4 heteroatoms. The van der Waals surface area contributed by atoms with E-state index in [1.54, 1.807) is 0 Å². The molecule has 116 valence electrons. The van der Waals surface area contributed by atoms with Gasteiger partial charge in [-0.1, -0.05) is 6.92 Å². The molecule has 0 aromatic rings. The molecule has 1 N–H and O–H groups in total. The van der Waals surface area contributed by atoms with E-state index in [-0.39, 0.29) is 11.6 Å². The van der Waals surface area contributed by atoms with Gasteiger partial charge in [-0.15, -0.1) is 0 Å². The molecule has 4 nitrogen and oxygen atoms in total. The van der Waals surface area contributed by atoms with Crippen molar-refractivity contribution in [3.63, 3.8) is 0 Å². The summed E-state index contributed by atoms with van der Waals surface area (Å²) in [6.45, 7) is 8.98. The van der Waals surface area contributed by atoms with Crippen molar-refractivity contribution in [1.82, 2.24) is 5.32 Å². The second-order valence-electron chi connectivity index (χ2n) is 6.79. The Morgan fingerprint density at radius 1 is 1.20 bits per heavy atom. The van der Waals surface area contributed by atoms with Gasteiger partial charge >= 0.3 is 5.97 Å². The van der Waals surface area contributed by atoms with Crippen LogP contribution >= 0.6 is 0 Å². The maximum absolute atomic E-state index is 12.6. The lowest BCUT2D eigenvalue weighted by Crippen LogP contribution is -2.60. The van der Waals surface area contributed by atoms with E-state index in [0.29, 0.717) is 25.2 Å². The summed E-state index contributed by atoms with van der Waals surface area (Å²) in [4.78, 5) is 12.6. The van der Waals surface area contributed by atoms with E-state index in [4.69, 9.17) is 9.47 Å². The molecule has 0 aromatic heterocycles. The molecule has 0 saturated heterocycles. The van der Waals surface area contributed by atoms with Crippen molar-refractivity contribution in [2.24, 2.45) is 5.92 Å². The third kappa shape index (κ3) is 3.73. The molecule has 0 amide bonds. The molecule has 1 unspecified atom stereocenters. The summed E-state index contributed by atoms with van der Waals surface area (Å²) >= 11 is 0. The predicted molar refractivity (Wildman–Crippen MR) is 78.6 cm³/mol. The molecule has 2 saturated carbocycles. The topological polar surface area (TPSA) is 47.6 Å². The van der Waals surface area contributed by atoms with Crippen LogP contribution in [0.15, 0.2) is 0 Å². The van der Waals surface area contributed by atoms with Crippen LogP contribution in [-0.2, 0) is 14.3 Å². The Bertz CT molecular complexity index is 348. The maximum atomic E-state index is 12.6. The van der Waals surface area contributed by atoms with Crippen LogP contribution in [0.4, 0.5) is 0 Å². The van der Waals surface area contributed by atoms with E-state index >= 15 is 0 Å². The van der Waals surface area contributed by atoms with Gasteiger partial charge in [0.05, 0.1) is 18.8 Å². The second-order valence-corrected chi connectivity index (χ2v) is 6.79. The van der Waals surface area contributed by atoms with Crippen molar-refractivity contribution < 1.29 is 14.3 Å². The van der Waals surface area contributed by atoms with Gasteiger partial charge in [-0.2, -0.15) is 0 Å². The highest BCUT2D eigenvalue weighted by Crippen LogP contribution is 2.43. The molecule has 0 spiro atoms. The van der Waals surface area contributed by atoms with E-state index in [0.717, 1.165) is 32.1 Å². The van der Waals surface area contributed by atoms with Crippen LogP contribution < -0.4 is 5.32 Å². The van der Waals surface area contributed by atoms with Crippen molar-refractivity contribution in [3.8, 4) is 0 Å². The van der Waals surface area contributed by atoms with Gasteiger partial charge in [0, 0.05) is 6.04 Å². The lowest BCUT2D eigenvalue weighted by molar-refractivity contribution is -0.159. The summed E-state index contributed by atoms with van der Waals surface area (Å²) in [5, 5.41) is 3.55. The fourth-order valence-electron chi connectivity index (χ4n) is 2.40. The number of hydrogen-bond donors (Lipinski definition) is 1. The average Bonchev–Trinajstić information content (AvgIpc) is 3.27. The number of esters is 1. The minimum Gasteiger partial charge on any atom is -0.465 e. The maximum Gasteiger partial charge on any atom is 0.329 e. The van der Waals surface area contributed by atoms with Gasteiger partial charge < -0.3 is 9.47 Å². The van der Waals surface area contributed by atoms with E-state index in [1.165, 1.54) is 0 Å². The van der Waals surface area contributed by atoms with Gasteiger partial charge in [0.15, 0.2) is 0 Å². The van der Waals surface area contributed by atoms with Crippen LogP contribution in [-0.4, -0.2) is 36.4 Å². The second kappa shape index (κ2) is 6.02. The lowest BCUT2D eigenvalue weighted by atomic mass is 9.93. The fourth-order valence-corrected chi connectivity index (χ4v) is 2.40. The molecular formula is C16H29NO3. The Morgan fingerprint density at radius 3 is 2.30 bits per heavy atom. The highest BCUT2D eigenvalue weighted by molar-refractivity contribution is 5.82. The first kappa shape index (κ1) is 15.8. The first-order valence-corrected chi connectivity index (χ1v) is 8.02. The minimum atomic E-state index is -0.621. The molecule has 0 aliphatic heterocycles. The van der Waals surface area contributed by atoms with Gasteiger partial charge in [-0.3, -0.25) is 5.32 Å². The molecule has 0 bridgehead atoms. The number of hydrogen-bond acceptors (Lipinski definition) is 4. The molecule has 0 aromatic carbocycles. The third-order valence-electron chi connectivity index (χ3n) is 4.50. The van der Waals surface area contributed by atoms with Crippen molar-refractivity contribution >= 4 is 5.97 Å². The largest absolute Gasteiger partial charge is 0.465 e. The van der Waals surface area contributed by atoms with E-state index < -0.39 is 5.54 Å². The monoisotopic (exact) mass is 283 g/mol. The van der Waals surface area contributed by atoms with E-state index in [9.17, 15) is 4.79 Å². The highest BCUT2D eigenvalue weighted by Gasteiger charge is 2.54. The normalized spacial score (nSPS) is 22.4. The van der Waals surface area contributed by atoms with Gasteiger partial charge in [-0.25, -0.2) is 4.79 Å². The Balaban J connectivity index is 2.10. The Kier molecular flexibility index (Phi) is 4.75. The molecule has 2 aliphatic rings. The number of ether oxygens (including phenoxy) is 2. The molecule has 2 rings (SSSR count). The molecule has 0 heterocycles. The minimum absolute atomic E-state index is 0.124. The zero-order chi connectivity index (χ0) is 14.8. The van der Waals surface area contributed by atoms with Gasteiger partial charge in [0.1, 0.15) is 5.54 Å². The van der Waals surface area contributed by atoms with Crippen LogP contribution in [0.25, 0.3) is 0 Å². The number of nitrogens with one attached hydrogen (secondary N) is 1. The van der Waals surface area contributed by atoms with Crippen LogP contribution in [0.2, 0.25) is 0 Å². The summed E-state index contributed by atoms with van der Waals surface area (Å²) < 4.78 is 11.4. The Hall–Kier alpha value is -0.610. The van der Waals surface area contributed by atoms with Crippen LogP contribution in [0.1, 0.15) is 59.8 Å².